The van der Waals surface area contributed by atoms with Crippen LogP contribution in [-0.4, -0.2) is 26.2 Å². The van der Waals surface area contributed by atoms with Gasteiger partial charge in [-0.3, -0.25) is 9.89 Å². The maximum atomic E-state index is 12.5. The second kappa shape index (κ2) is 6.02. The van der Waals surface area contributed by atoms with Crippen LogP contribution in [0.3, 0.4) is 0 Å². The molecule has 2 aromatic rings. The summed E-state index contributed by atoms with van der Waals surface area (Å²) in [7, 11) is 0. The summed E-state index contributed by atoms with van der Waals surface area (Å²) in [6, 6.07) is 6.13. The second-order valence-electron chi connectivity index (χ2n) is 5.38. The standard InChI is InChI=1S/C16H19N3OS/c1-3-14-17-16(19-18-14)21-10(2)15(20)13-8-7-11-5-4-6-12(11)9-13/h7-10H,3-6H2,1-2H3,(H,17,18,19). The molecule has 4 nitrogen and oxygen atoms in total. The molecule has 0 saturated heterocycles. The number of aryl methyl sites for hydroxylation is 3. The van der Waals surface area contributed by atoms with Crippen molar-refractivity contribution in [3.05, 3.63) is 40.7 Å². The van der Waals surface area contributed by atoms with Crippen molar-refractivity contribution in [2.45, 2.75) is 49.9 Å². The Morgan fingerprint density at radius 3 is 2.95 bits per heavy atom. The summed E-state index contributed by atoms with van der Waals surface area (Å²) in [5.41, 5.74) is 3.54. The number of aromatic amines is 1. The highest BCUT2D eigenvalue weighted by molar-refractivity contribution is 8.00. The molecule has 1 heterocycles. The van der Waals surface area contributed by atoms with Crippen molar-refractivity contribution in [1.29, 1.82) is 0 Å². The first kappa shape index (κ1) is 14.3. The summed E-state index contributed by atoms with van der Waals surface area (Å²) in [5.74, 6) is 1.01. The lowest BCUT2D eigenvalue weighted by molar-refractivity contribution is 0.0994. The summed E-state index contributed by atoms with van der Waals surface area (Å²) in [5, 5.41) is 7.49. The van der Waals surface area contributed by atoms with Crippen LogP contribution in [0, 0.1) is 0 Å². The van der Waals surface area contributed by atoms with Crippen molar-refractivity contribution >= 4 is 17.5 Å². The monoisotopic (exact) mass is 301 g/mol. The fourth-order valence-corrected chi connectivity index (χ4v) is 3.48. The van der Waals surface area contributed by atoms with Gasteiger partial charge in [-0.2, -0.15) is 0 Å². The van der Waals surface area contributed by atoms with E-state index in [1.165, 1.54) is 29.3 Å². The summed E-state index contributed by atoms with van der Waals surface area (Å²) < 4.78 is 0. The number of thioether (sulfide) groups is 1. The number of rotatable bonds is 5. The third kappa shape index (κ3) is 3.02. The first-order chi connectivity index (χ1) is 10.2. The van der Waals surface area contributed by atoms with Crippen molar-refractivity contribution in [1.82, 2.24) is 15.2 Å². The third-order valence-electron chi connectivity index (χ3n) is 3.88. The fourth-order valence-electron chi connectivity index (χ4n) is 2.66. The molecule has 0 aliphatic heterocycles. The van der Waals surface area contributed by atoms with Gasteiger partial charge in [-0.25, -0.2) is 4.98 Å². The van der Waals surface area contributed by atoms with Gasteiger partial charge in [0.15, 0.2) is 5.78 Å². The van der Waals surface area contributed by atoms with E-state index in [0.29, 0.717) is 5.16 Å². The minimum atomic E-state index is -0.176. The minimum absolute atomic E-state index is 0.151. The first-order valence-electron chi connectivity index (χ1n) is 7.41. The Morgan fingerprint density at radius 1 is 1.38 bits per heavy atom. The Labute approximate surface area is 128 Å². The highest BCUT2D eigenvalue weighted by Gasteiger charge is 2.20. The molecule has 1 atom stereocenters. The lowest BCUT2D eigenvalue weighted by atomic mass is 10.0. The van der Waals surface area contributed by atoms with Gasteiger partial charge in [0, 0.05) is 12.0 Å². The van der Waals surface area contributed by atoms with E-state index in [2.05, 4.69) is 27.3 Å². The number of nitrogens with zero attached hydrogens (tertiary/aromatic N) is 2. The molecule has 0 spiro atoms. The van der Waals surface area contributed by atoms with Crippen LogP contribution in [0.1, 0.15) is 47.6 Å². The molecule has 1 aliphatic carbocycles. The Bertz CT molecular complexity index is 665. The van der Waals surface area contributed by atoms with E-state index in [4.69, 9.17) is 0 Å². The van der Waals surface area contributed by atoms with Crippen LogP contribution < -0.4 is 0 Å². The lowest BCUT2D eigenvalue weighted by Gasteiger charge is -2.09. The average molecular weight is 301 g/mol. The number of Topliss-reactive ketones (excluding diaryl/α,β-unsaturated/α-hetero) is 1. The number of carbonyl (C=O) groups is 1. The third-order valence-corrected chi connectivity index (χ3v) is 4.84. The van der Waals surface area contributed by atoms with Gasteiger partial charge >= 0.3 is 0 Å². The Hall–Kier alpha value is -1.62. The minimum Gasteiger partial charge on any atom is -0.293 e. The Kier molecular flexibility index (Phi) is 4.10. The summed E-state index contributed by atoms with van der Waals surface area (Å²) >= 11 is 1.41. The zero-order valence-electron chi connectivity index (χ0n) is 12.3. The zero-order valence-corrected chi connectivity index (χ0v) is 13.2. The van der Waals surface area contributed by atoms with Gasteiger partial charge in [-0.15, -0.1) is 5.10 Å². The summed E-state index contributed by atoms with van der Waals surface area (Å²) in [6.45, 7) is 3.94. The molecule has 1 N–H and O–H groups in total. The number of H-pyrrole nitrogens is 1. The van der Waals surface area contributed by atoms with Crippen molar-refractivity contribution in [2.75, 3.05) is 0 Å². The average Bonchev–Trinajstić information content (AvgIpc) is 3.13. The maximum Gasteiger partial charge on any atom is 0.209 e. The second-order valence-corrected chi connectivity index (χ2v) is 6.69. The zero-order chi connectivity index (χ0) is 14.8. The van der Waals surface area contributed by atoms with Crippen LogP contribution in [-0.2, 0) is 19.3 Å². The van der Waals surface area contributed by atoms with Crippen molar-refractivity contribution < 1.29 is 4.79 Å². The molecule has 0 amide bonds. The largest absolute Gasteiger partial charge is 0.293 e. The van der Waals surface area contributed by atoms with E-state index in [9.17, 15) is 4.79 Å². The lowest BCUT2D eigenvalue weighted by Crippen LogP contribution is -2.14. The number of hydrogen-bond donors (Lipinski definition) is 1. The normalized spacial score (nSPS) is 15.0. The molecule has 5 heteroatoms. The number of benzene rings is 1. The molecule has 21 heavy (non-hydrogen) atoms. The van der Waals surface area contributed by atoms with E-state index in [1.54, 1.807) is 0 Å². The van der Waals surface area contributed by atoms with Gasteiger partial charge < -0.3 is 0 Å². The van der Waals surface area contributed by atoms with Gasteiger partial charge in [0.1, 0.15) is 5.82 Å². The molecular formula is C16H19N3OS. The van der Waals surface area contributed by atoms with E-state index in [1.807, 2.05) is 19.9 Å². The number of carbonyl (C=O) groups excluding carboxylic acids is 1. The van der Waals surface area contributed by atoms with Gasteiger partial charge in [-0.1, -0.05) is 30.8 Å². The van der Waals surface area contributed by atoms with Crippen LogP contribution in [0.4, 0.5) is 0 Å². The summed E-state index contributed by atoms with van der Waals surface area (Å²) in [6.07, 6.45) is 4.26. The SMILES string of the molecule is CCc1nc(SC(C)C(=O)c2ccc3c(c2)CCC3)n[nH]1. The Balaban J connectivity index is 1.72. The molecule has 1 aromatic carbocycles. The van der Waals surface area contributed by atoms with Crippen LogP contribution in [0.2, 0.25) is 0 Å². The first-order valence-corrected chi connectivity index (χ1v) is 8.29. The van der Waals surface area contributed by atoms with E-state index < -0.39 is 0 Å². The van der Waals surface area contributed by atoms with Gasteiger partial charge in [0.05, 0.1) is 5.25 Å². The molecule has 0 saturated carbocycles. The molecule has 1 aromatic heterocycles. The highest BCUT2D eigenvalue weighted by Crippen LogP contribution is 2.26. The molecule has 1 aliphatic rings. The molecule has 3 rings (SSSR count). The van der Waals surface area contributed by atoms with E-state index in [0.717, 1.165) is 30.7 Å². The molecule has 0 fully saturated rings. The Morgan fingerprint density at radius 2 is 2.19 bits per heavy atom. The highest BCUT2D eigenvalue weighted by atomic mass is 32.2. The molecule has 1 unspecified atom stereocenters. The maximum absolute atomic E-state index is 12.5. The van der Waals surface area contributed by atoms with Crippen LogP contribution in [0.5, 0.6) is 0 Å². The number of ketones is 1. The number of hydrogen-bond acceptors (Lipinski definition) is 4. The molecule has 0 bridgehead atoms. The van der Waals surface area contributed by atoms with E-state index >= 15 is 0 Å². The van der Waals surface area contributed by atoms with Crippen molar-refractivity contribution in [3.63, 3.8) is 0 Å². The van der Waals surface area contributed by atoms with Crippen molar-refractivity contribution in [2.24, 2.45) is 0 Å². The van der Waals surface area contributed by atoms with Gasteiger partial charge in [0.2, 0.25) is 5.16 Å². The number of nitrogens with one attached hydrogen (secondary N) is 1. The molecule has 0 radical (unpaired) electrons. The fraction of sp³-hybridized carbons (Fsp3) is 0.438. The molecule has 110 valence electrons. The van der Waals surface area contributed by atoms with Gasteiger partial charge in [-0.05, 0) is 43.4 Å². The number of fused-ring (bicyclic) bond motifs is 1. The van der Waals surface area contributed by atoms with Crippen LogP contribution in [0.25, 0.3) is 0 Å². The number of aromatic nitrogens is 3. The predicted molar refractivity (Wildman–Crippen MR) is 83.9 cm³/mol. The topological polar surface area (TPSA) is 58.6 Å². The predicted octanol–water partition coefficient (Wildman–Crippen LogP) is 3.22. The van der Waals surface area contributed by atoms with E-state index in [-0.39, 0.29) is 11.0 Å². The van der Waals surface area contributed by atoms with Crippen LogP contribution in [0.15, 0.2) is 23.4 Å². The quantitative estimate of drug-likeness (QED) is 0.680. The van der Waals surface area contributed by atoms with Gasteiger partial charge in [0.25, 0.3) is 0 Å². The summed E-state index contributed by atoms with van der Waals surface area (Å²) in [4.78, 5) is 16.9. The van der Waals surface area contributed by atoms with Crippen LogP contribution >= 0.6 is 11.8 Å². The molecular weight excluding hydrogens is 282 g/mol. The van der Waals surface area contributed by atoms with Crippen molar-refractivity contribution in [3.8, 4) is 0 Å². The smallest absolute Gasteiger partial charge is 0.209 e.